The molecule has 7 heteroatoms. The van der Waals surface area contributed by atoms with Gasteiger partial charge in [-0.2, -0.15) is 0 Å². The summed E-state index contributed by atoms with van der Waals surface area (Å²) >= 11 is 3.56. The number of pyridine rings is 2. The maximum Gasteiger partial charge on any atom is 0.161 e. The first-order valence-corrected chi connectivity index (χ1v) is 9.67. The average Bonchev–Trinajstić information content (AvgIpc) is 3.29. The van der Waals surface area contributed by atoms with Crippen molar-refractivity contribution in [2.45, 2.75) is 37.8 Å². The molecule has 26 heavy (non-hydrogen) atoms. The van der Waals surface area contributed by atoms with Crippen LogP contribution in [0.1, 0.15) is 31.2 Å². The van der Waals surface area contributed by atoms with Crippen LogP contribution in [0.4, 0.5) is 11.4 Å². The number of hydrogen-bond acceptors (Lipinski definition) is 5. The molecule has 4 rings (SSSR count). The highest BCUT2D eigenvalue weighted by molar-refractivity contribution is 9.10. The minimum atomic E-state index is -0.221. The second kappa shape index (κ2) is 7.25. The molecule has 0 atom stereocenters. The van der Waals surface area contributed by atoms with E-state index >= 15 is 0 Å². The molecule has 3 aromatic heterocycles. The van der Waals surface area contributed by atoms with Gasteiger partial charge < -0.3 is 15.7 Å². The second-order valence-corrected chi connectivity index (χ2v) is 7.71. The van der Waals surface area contributed by atoms with Crippen LogP contribution in [0, 0.1) is 0 Å². The predicted octanol–water partition coefficient (Wildman–Crippen LogP) is 3.82. The van der Waals surface area contributed by atoms with Gasteiger partial charge in [-0.05, 0) is 46.5 Å². The topological polar surface area (TPSA) is 74.5 Å². The van der Waals surface area contributed by atoms with E-state index in [1.807, 2.05) is 28.9 Å². The number of fused-ring (bicyclic) bond motifs is 1. The van der Waals surface area contributed by atoms with E-state index in [0.717, 1.165) is 52.9 Å². The minimum absolute atomic E-state index is 0.147. The van der Waals surface area contributed by atoms with Gasteiger partial charge in [0.25, 0.3) is 0 Å². The molecule has 0 saturated heterocycles. The highest BCUT2D eigenvalue weighted by atomic mass is 79.9. The Morgan fingerprint density at radius 3 is 2.85 bits per heavy atom. The van der Waals surface area contributed by atoms with E-state index in [1.165, 1.54) is 0 Å². The zero-order valence-corrected chi connectivity index (χ0v) is 16.0. The summed E-state index contributed by atoms with van der Waals surface area (Å²) in [5.41, 5.74) is 3.66. The average molecular weight is 416 g/mol. The first-order valence-electron chi connectivity index (χ1n) is 8.88. The molecule has 1 aliphatic rings. The Labute approximate surface area is 160 Å². The van der Waals surface area contributed by atoms with E-state index in [1.54, 1.807) is 12.4 Å². The summed E-state index contributed by atoms with van der Waals surface area (Å²) in [6.07, 6.45) is 11.7. The van der Waals surface area contributed by atoms with Gasteiger partial charge in [-0.15, -0.1) is 0 Å². The van der Waals surface area contributed by atoms with Gasteiger partial charge in [0, 0.05) is 25.1 Å². The maximum atomic E-state index is 9.91. The van der Waals surface area contributed by atoms with Gasteiger partial charge in [-0.1, -0.05) is 18.9 Å². The van der Waals surface area contributed by atoms with Crippen LogP contribution in [-0.4, -0.2) is 31.6 Å². The van der Waals surface area contributed by atoms with E-state index in [-0.39, 0.29) is 12.1 Å². The number of nitrogens with zero attached hydrogens (tertiary/aromatic N) is 3. The third-order valence-corrected chi connectivity index (χ3v) is 5.63. The number of halogens is 1. The number of nitrogens with one attached hydrogen (secondary N) is 2. The standard InChI is InChI=1S/C19H22BrN5O/c20-17-11-23-18-16(22-10-14-4-3-7-21-9-14)8-15(12-25(17)18)24-19(13-26)5-1-2-6-19/h3-4,7-9,11-12,22,24,26H,1-2,5-6,10,13H2. The quantitative estimate of drug-likeness (QED) is 0.570. The van der Waals surface area contributed by atoms with Crippen LogP contribution in [0.25, 0.3) is 5.65 Å². The summed E-state index contributed by atoms with van der Waals surface area (Å²) in [4.78, 5) is 8.66. The largest absolute Gasteiger partial charge is 0.394 e. The van der Waals surface area contributed by atoms with Crippen LogP contribution in [-0.2, 0) is 6.54 Å². The van der Waals surface area contributed by atoms with E-state index in [9.17, 15) is 5.11 Å². The predicted molar refractivity (Wildman–Crippen MR) is 106 cm³/mol. The highest BCUT2D eigenvalue weighted by Gasteiger charge is 2.33. The molecule has 6 nitrogen and oxygen atoms in total. The molecule has 0 aliphatic heterocycles. The van der Waals surface area contributed by atoms with Gasteiger partial charge in [0.1, 0.15) is 4.60 Å². The van der Waals surface area contributed by atoms with Crippen molar-refractivity contribution >= 4 is 33.0 Å². The first kappa shape index (κ1) is 17.3. The third-order valence-electron chi connectivity index (χ3n) is 5.04. The Morgan fingerprint density at radius 1 is 1.27 bits per heavy atom. The Bertz CT molecular complexity index is 890. The van der Waals surface area contributed by atoms with Crippen molar-refractivity contribution in [3.8, 4) is 0 Å². The Hall–Kier alpha value is -2.12. The van der Waals surface area contributed by atoms with Gasteiger partial charge >= 0.3 is 0 Å². The smallest absolute Gasteiger partial charge is 0.161 e. The van der Waals surface area contributed by atoms with Gasteiger partial charge in [0.2, 0.25) is 0 Å². The number of rotatable bonds is 6. The Kier molecular flexibility index (Phi) is 4.82. The lowest BCUT2D eigenvalue weighted by atomic mass is 9.98. The van der Waals surface area contributed by atoms with E-state index < -0.39 is 0 Å². The maximum absolute atomic E-state index is 9.91. The number of aliphatic hydroxyl groups excluding tert-OH is 1. The molecular formula is C19H22BrN5O. The normalized spacial score (nSPS) is 16.1. The zero-order chi connectivity index (χ0) is 18.0. The van der Waals surface area contributed by atoms with Crippen molar-refractivity contribution < 1.29 is 5.11 Å². The number of imidazole rings is 1. The fourth-order valence-electron chi connectivity index (χ4n) is 3.64. The fraction of sp³-hybridized carbons (Fsp3) is 0.368. The van der Waals surface area contributed by atoms with Crippen molar-refractivity contribution in [2.75, 3.05) is 17.2 Å². The van der Waals surface area contributed by atoms with Gasteiger partial charge in [-0.3, -0.25) is 9.38 Å². The van der Waals surface area contributed by atoms with Gasteiger partial charge in [0.15, 0.2) is 5.65 Å². The third kappa shape index (κ3) is 3.41. The van der Waals surface area contributed by atoms with Crippen molar-refractivity contribution in [3.05, 3.63) is 53.2 Å². The summed E-state index contributed by atoms with van der Waals surface area (Å²) < 4.78 is 2.90. The fourth-order valence-corrected chi connectivity index (χ4v) is 4.01. The van der Waals surface area contributed by atoms with E-state index in [0.29, 0.717) is 6.54 Å². The molecule has 136 valence electrons. The second-order valence-electron chi connectivity index (χ2n) is 6.90. The summed E-state index contributed by atoms with van der Waals surface area (Å²) in [7, 11) is 0. The molecule has 1 saturated carbocycles. The number of aliphatic hydroxyl groups is 1. The molecule has 0 bridgehead atoms. The van der Waals surface area contributed by atoms with E-state index in [4.69, 9.17) is 0 Å². The van der Waals surface area contributed by atoms with Crippen molar-refractivity contribution in [2.24, 2.45) is 0 Å². The molecular weight excluding hydrogens is 394 g/mol. The molecule has 3 N–H and O–H groups in total. The van der Waals surface area contributed by atoms with Crippen LogP contribution < -0.4 is 10.6 Å². The number of hydrogen-bond donors (Lipinski definition) is 3. The summed E-state index contributed by atoms with van der Waals surface area (Å²) in [5, 5.41) is 17.0. The van der Waals surface area contributed by atoms with Crippen molar-refractivity contribution in [3.63, 3.8) is 0 Å². The van der Waals surface area contributed by atoms with Crippen LogP contribution in [0.15, 0.2) is 47.6 Å². The molecule has 0 amide bonds. The van der Waals surface area contributed by atoms with Crippen molar-refractivity contribution in [1.82, 2.24) is 14.4 Å². The SMILES string of the molecule is OCC1(Nc2cc(NCc3cccnc3)c3ncc(Br)n3c2)CCCC1. The van der Waals surface area contributed by atoms with Gasteiger partial charge in [-0.25, -0.2) is 4.98 Å². The lowest BCUT2D eigenvalue weighted by Gasteiger charge is -2.29. The van der Waals surface area contributed by atoms with Crippen LogP contribution >= 0.6 is 15.9 Å². The summed E-state index contributed by atoms with van der Waals surface area (Å²) in [5.74, 6) is 0. The lowest BCUT2D eigenvalue weighted by Crippen LogP contribution is -2.39. The molecule has 0 spiro atoms. The Morgan fingerprint density at radius 2 is 2.12 bits per heavy atom. The molecule has 0 aromatic carbocycles. The monoisotopic (exact) mass is 415 g/mol. The minimum Gasteiger partial charge on any atom is -0.394 e. The van der Waals surface area contributed by atoms with Crippen molar-refractivity contribution in [1.29, 1.82) is 0 Å². The van der Waals surface area contributed by atoms with E-state index in [2.05, 4.69) is 42.6 Å². The molecule has 3 heterocycles. The lowest BCUT2D eigenvalue weighted by molar-refractivity contribution is 0.214. The molecule has 0 unspecified atom stereocenters. The molecule has 1 aliphatic carbocycles. The molecule has 1 fully saturated rings. The zero-order valence-electron chi connectivity index (χ0n) is 14.5. The molecule has 0 radical (unpaired) electrons. The van der Waals surface area contributed by atoms with Gasteiger partial charge in [0.05, 0.1) is 29.7 Å². The van der Waals surface area contributed by atoms with Crippen LogP contribution in [0.3, 0.4) is 0 Å². The van der Waals surface area contributed by atoms with Crippen LogP contribution in [0.5, 0.6) is 0 Å². The summed E-state index contributed by atoms with van der Waals surface area (Å²) in [6.45, 7) is 0.817. The Balaban J connectivity index is 1.65. The number of anilines is 2. The molecule has 3 aromatic rings. The first-order chi connectivity index (χ1) is 12.7. The van der Waals surface area contributed by atoms with Crippen LogP contribution in [0.2, 0.25) is 0 Å². The highest BCUT2D eigenvalue weighted by Crippen LogP contribution is 2.34. The summed E-state index contributed by atoms with van der Waals surface area (Å²) in [6, 6.07) is 6.04. The number of aromatic nitrogens is 3.